The van der Waals surface area contributed by atoms with Crippen molar-refractivity contribution in [3.63, 3.8) is 0 Å². The van der Waals surface area contributed by atoms with Crippen molar-refractivity contribution in [1.82, 2.24) is 25.1 Å². The zero-order valence-electron chi connectivity index (χ0n) is 17.9. The zero-order chi connectivity index (χ0) is 22.2. The Balaban J connectivity index is 1.65. The van der Waals surface area contributed by atoms with Crippen LogP contribution in [0.5, 0.6) is 5.75 Å². The number of methoxy groups -OCH3 is 1. The van der Waals surface area contributed by atoms with Crippen LogP contribution in [0.4, 0.5) is 5.69 Å². The summed E-state index contributed by atoms with van der Waals surface area (Å²) < 4.78 is 5.25. The van der Waals surface area contributed by atoms with Gasteiger partial charge < -0.3 is 15.0 Å². The normalized spacial score (nSPS) is 10.5. The van der Waals surface area contributed by atoms with E-state index in [1.54, 1.807) is 18.2 Å². The monoisotopic (exact) mass is 422 g/mol. The van der Waals surface area contributed by atoms with Gasteiger partial charge in [0.05, 0.1) is 19.3 Å². The van der Waals surface area contributed by atoms with E-state index in [-0.39, 0.29) is 24.9 Å². The molecule has 2 aromatic carbocycles. The van der Waals surface area contributed by atoms with E-state index < -0.39 is 0 Å². The molecular weight excluding hydrogens is 396 g/mol. The summed E-state index contributed by atoms with van der Waals surface area (Å²) in [5.74, 6) is 0.450. The molecule has 0 bridgehead atoms. The van der Waals surface area contributed by atoms with Gasteiger partial charge in [0.1, 0.15) is 12.3 Å². The number of nitrogens with one attached hydrogen (secondary N) is 1. The van der Waals surface area contributed by atoms with Crippen LogP contribution in [-0.4, -0.2) is 57.1 Å². The number of tetrazole rings is 1. The molecule has 3 rings (SSSR count). The molecular formula is C22H26N6O3. The van der Waals surface area contributed by atoms with Crippen LogP contribution in [0.2, 0.25) is 0 Å². The highest BCUT2D eigenvalue weighted by atomic mass is 16.5. The molecule has 9 heteroatoms. The molecule has 1 N–H and O–H groups in total. The molecule has 0 saturated heterocycles. The number of aryl methyl sites for hydroxylation is 1. The number of carbonyl (C=O) groups is 2. The molecule has 0 aliphatic heterocycles. The van der Waals surface area contributed by atoms with Crippen LogP contribution in [0.15, 0.2) is 48.5 Å². The van der Waals surface area contributed by atoms with Gasteiger partial charge in [-0.1, -0.05) is 43.3 Å². The van der Waals surface area contributed by atoms with E-state index in [1.165, 1.54) is 16.8 Å². The number of hydrogen-bond donors (Lipinski definition) is 1. The third-order valence-corrected chi connectivity index (χ3v) is 4.68. The largest absolute Gasteiger partial charge is 0.495 e. The zero-order valence-corrected chi connectivity index (χ0v) is 17.9. The average Bonchev–Trinajstić information content (AvgIpc) is 3.22. The van der Waals surface area contributed by atoms with Gasteiger partial charge in [0.15, 0.2) is 0 Å². The van der Waals surface area contributed by atoms with Crippen molar-refractivity contribution < 1.29 is 14.3 Å². The predicted molar refractivity (Wildman–Crippen MR) is 116 cm³/mol. The molecule has 0 unspecified atom stereocenters. The average molecular weight is 422 g/mol. The number of rotatable bonds is 9. The number of carbonyl (C=O) groups excluding carboxylic acids is 2. The second-order valence-corrected chi connectivity index (χ2v) is 7.02. The maximum absolute atomic E-state index is 12.8. The van der Waals surface area contributed by atoms with Gasteiger partial charge in [-0.05, 0) is 36.3 Å². The highest BCUT2D eigenvalue weighted by molar-refractivity contribution is 5.95. The van der Waals surface area contributed by atoms with E-state index in [9.17, 15) is 9.59 Å². The van der Waals surface area contributed by atoms with Gasteiger partial charge in [0.2, 0.25) is 17.6 Å². The minimum atomic E-state index is -0.307. The third-order valence-electron chi connectivity index (χ3n) is 4.68. The van der Waals surface area contributed by atoms with Crippen molar-refractivity contribution in [2.24, 2.45) is 0 Å². The Labute approximate surface area is 181 Å². The lowest BCUT2D eigenvalue weighted by Gasteiger charge is -2.21. The molecule has 0 saturated carbocycles. The van der Waals surface area contributed by atoms with E-state index in [4.69, 9.17) is 4.74 Å². The number of ether oxygens (including phenoxy) is 1. The Hall–Kier alpha value is -3.75. The summed E-state index contributed by atoms with van der Waals surface area (Å²) >= 11 is 0. The lowest BCUT2D eigenvalue weighted by molar-refractivity contribution is -0.135. The number of amides is 2. The van der Waals surface area contributed by atoms with Gasteiger partial charge >= 0.3 is 0 Å². The molecule has 162 valence electrons. The molecule has 0 atom stereocenters. The number of anilines is 1. The van der Waals surface area contributed by atoms with Crippen LogP contribution in [0, 0.1) is 6.92 Å². The third kappa shape index (κ3) is 5.65. The van der Waals surface area contributed by atoms with Crippen LogP contribution < -0.4 is 10.1 Å². The summed E-state index contributed by atoms with van der Waals surface area (Å²) in [5.41, 5.74) is 2.44. The molecule has 31 heavy (non-hydrogen) atoms. The lowest BCUT2D eigenvalue weighted by Crippen LogP contribution is -2.40. The van der Waals surface area contributed by atoms with Crippen molar-refractivity contribution in [3.05, 3.63) is 54.1 Å². The second-order valence-electron chi connectivity index (χ2n) is 7.02. The van der Waals surface area contributed by atoms with Crippen LogP contribution in [0.25, 0.3) is 11.4 Å². The number of aromatic nitrogens is 4. The summed E-state index contributed by atoms with van der Waals surface area (Å²) in [6.45, 7) is 4.18. The fourth-order valence-electron chi connectivity index (χ4n) is 3.14. The summed E-state index contributed by atoms with van der Waals surface area (Å²) in [7, 11) is 1.54. The molecule has 1 aromatic heterocycles. The summed E-state index contributed by atoms with van der Waals surface area (Å²) in [6, 6.07) is 14.8. The molecule has 9 nitrogen and oxygen atoms in total. The number of nitrogens with zero attached hydrogens (tertiary/aromatic N) is 5. The minimum absolute atomic E-state index is 0.0793. The summed E-state index contributed by atoms with van der Waals surface area (Å²) in [5, 5.41) is 15.2. The number of benzene rings is 2. The maximum Gasteiger partial charge on any atom is 0.246 e. The number of para-hydroxylation sites is 2. The molecule has 2 amide bonds. The Morgan fingerprint density at radius 3 is 2.61 bits per heavy atom. The van der Waals surface area contributed by atoms with E-state index in [2.05, 4.69) is 20.7 Å². The van der Waals surface area contributed by atoms with Crippen LogP contribution >= 0.6 is 0 Å². The quantitative estimate of drug-likeness (QED) is 0.569. The Morgan fingerprint density at radius 2 is 1.87 bits per heavy atom. The first-order valence-corrected chi connectivity index (χ1v) is 10.1. The highest BCUT2D eigenvalue weighted by Crippen LogP contribution is 2.23. The summed E-state index contributed by atoms with van der Waals surface area (Å²) in [4.78, 5) is 28.1. The van der Waals surface area contributed by atoms with E-state index in [0.717, 1.165) is 11.1 Å². The number of hydrogen-bond acceptors (Lipinski definition) is 6. The van der Waals surface area contributed by atoms with E-state index >= 15 is 0 Å². The SMILES string of the molecule is CCCN(CC(=O)Nc1ccccc1OC)C(=O)Cn1nnc(-c2ccccc2C)n1. The fourth-order valence-corrected chi connectivity index (χ4v) is 3.14. The van der Waals surface area contributed by atoms with E-state index in [1.807, 2.05) is 44.2 Å². The lowest BCUT2D eigenvalue weighted by atomic mass is 10.1. The Morgan fingerprint density at radius 1 is 1.13 bits per heavy atom. The van der Waals surface area contributed by atoms with Gasteiger partial charge in [-0.15, -0.1) is 10.2 Å². The van der Waals surface area contributed by atoms with E-state index in [0.29, 0.717) is 30.2 Å². The molecule has 1 heterocycles. The molecule has 0 radical (unpaired) electrons. The highest BCUT2D eigenvalue weighted by Gasteiger charge is 2.19. The van der Waals surface area contributed by atoms with Crippen molar-refractivity contribution in [2.45, 2.75) is 26.8 Å². The minimum Gasteiger partial charge on any atom is -0.495 e. The van der Waals surface area contributed by atoms with Crippen LogP contribution in [-0.2, 0) is 16.1 Å². The van der Waals surface area contributed by atoms with Crippen LogP contribution in [0.1, 0.15) is 18.9 Å². The second kappa shape index (κ2) is 10.3. The maximum atomic E-state index is 12.8. The van der Waals surface area contributed by atoms with Gasteiger partial charge in [0.25, 0.3) is 0 Å². The first kappa shape index (κ1) is 21.9. The van der Waals surface area contributed by atoms with Gasteiger partial charge in [-0.2, -0.15) is 4.80 Å². The first-order chi connectivity index (χ1) is 15.0. The van der Waals surface area contributed by atoms with Crippen molar-refractivity contribution >= 4 is 17.5 Å². The standard InChI is InChI=1S/C22H26N6O3/c1-4-13-27(14-20(29)23-18-11-7-8-12-19(18)31-3)21(30)15-28-25-22(24-26-28)17-10-6-5-9-16(17)2/h5-12H,4,13-15H2,1-3H3,(H,23,29). The van der Waals surface area contributed by atoms with Gasteiger partial charge in [-0.3, -0.25) is 9.59 Å². The topological polar surface area (TPSA) is 102 Å². The van der Waals surface area contributed by atoms with Crippen molar-refractivity contribution in [1.29, 1.82) is 0 Å². The Kier molecular flexibility index (Phi) is 7.31. The molecule has 3 aromatic rings. The van der Waals surface area contributed by atoms with Gasteiger partial charge in [0, 0.05) is 12.1 Å². The molecule has 0 aliphatic rings. The fraction of sp³-hybridized carbons (Fsp3) is 0.318. The first-order valence-electron chi connectivity index (χ1n) is 10.1. The molecule has 0 aliphatic carbocycles. The van der Waals surface area contributed by atoms with Crippen LogP contribution in [0.3, 0.4) is 0 Å². The van der Waals surface area contributed by atoms with Crippen molar-refractivity contribution in [3.8, 4) is 17.1 Å². The summed E-state index contributed by atoms with van der Waals surface area (Å²) in [6.07, 6.45) is 0.715. The van der Waals surface area contributed by atoms with Crippen molar-refractivity contribution in [2.75, 3.05) is 25.5 Å². The smallest absolute Gasteiger partial charge is 0.246 e. The molecule has 0 fully saturated rings. The van der Waals surface area contributed by atoms with Gasteiger partial charge in [-0.25, -0.2) is 0 Å². The predicted octanol–water partition coefficient (Wildman–Crippen LogP) is 2.53. The Bertz CT molecular complexity index is 1050. The molecule has 0 spiro atoms.